The Bertz CT molecular complexity index is 634. The second-order valence-corrected chi connectivity index (χ2v) is 4.35. The Hall–Kier alpha value is -1.92. The molecule has 0 atom stereocenters. The van der Waals surface area contributed by atoms with Crippen molar-refractivity contribution in [3.8, 4) is 23.5 Å². The van der Waals surface area contributed by atoms with Crippen molar-refractivity contribution in [2.45, 2.75) is 6.18 Å². The van der Waals surface area contributed by atoms with Crippen LogP contribution in [0.5, 0.6) is 0 Å². The first-order valence-electron chi connectivity index (χ1n) is 5.35. The summed E-state index contributed by atoms with van der Waals surface area (Å²) in [5.74, 6) is 2.21. The quantitative estimate of drug-likeness (QED) is 0.644. The van der Waals surface area contributed by atoms with Crippen molar-refractivity contribution in [1.29, 1.82) is 0 Å². The molecular weight excluding hydrogens is 273 g/mol. The molecular formula is C15H8ClF3. The summed E-state index contributed by atoms with van der Waals surface area (Å²) in [5.41, 5.74) is -0.0150. The van der Waals surface area contributed by atoms with Crippen molar-refractivity contribution >= 4 is 11.6 Å². The van der Waals surface area contributed by atoms with Crippen LogP contribution >= 0.6 is 11.6 Å². The molecule has 19 heavy (non-hydrogen) atoms. The molecule has 4 heteroatoms. The van der Waals surface area contributed by atoms with Crippen molar-refractivity contribution in [2.75, 3.05) is 0 Å². The van der Waals surface area contributed by atoms with E-state index in [0.29, 0.717) is 10.6 Å². The van der Waals surface area contributed by atoms with E-state index in [1.807, 2.05) is 0 Å². The number of rotatable bonds is 1. The summed E-state index contributed by atoms with van der Waals surface area (Å²) in [6.45, 7) is 0. The fourth-order valence-electron chi connectivity index (χ4n) is 1.75. The summed E-state index contributed by atoms with van der Waals surface area (Å²) < 4.78 is 39.1. The van der Waals surface area contributed by atoms with E-state index in [4.69, 9.17) is 18.0 Å². The van der Waals surface area contributed by atoms with Gasteiger partial charge in [0.2, 0.25) is 0 Å². The molecule has 0 amide bonds. The first-order chi connectivity index (χ1) is 8.91. The molecule has 0 saturated heterocycles. The van der Waals surface area contributed by atoms with Gasteiger partial charge >= 0.3 is 6.18 Å². The second kappa shape index (κ2) is 4.99. The molecule has 0 saturated carbocycles. The predicted molar refractivity (Wildman–Crippen MR) is 69.8 cm³/mol. The fourth-order valence-corrected chi connectivity index (χ4v) is 1.88. The van der Waals surface area contributed by atoms with Gasteiger partial charge in [0.15, 0.2) is 0 Å². The Kier molecular flexibility index (Phi) is 3.55. The molecule has 0 N–H and O–H groups in total. The predicted octanol–water partition coefficient (Wildman–Crippen LogP) is 5.01. The van der Waals surface area contributed by atoms with E-state index >= 15 is 0 Å². The summed E-state index contributed by atoms with van der Waals surface area (Å²) in [6, 6.07) is 10.0. The third kappa shape index (κ3) is 2.91. The van der Waals surface area contributed by atoms with Crippen LogP contribution in [-0.4, -0.2) is 0 Å². The van der Waals surface area contributed by atoms with Gasteiger partial charge in [-0.15, -0.1) is 6.42 Å². The van der Waals surface area contributed by atoms with Crippen LogP contribution < -0.4 is 0 Å². The minimum atomic E-state index is -4.46. The van der Waals surface area contributed by atoms with Gasteiger partial charge in [0.25, 0.3) is 0 Å². The molecule has 0 unspecified atom stereocenters. The second-order valence-electron chi connectivity index (χ2n) is 3.91. The molecule has 96 valence electrons. The van der Waals surface area contributed by atoms with E-state index < -0.39 is 11.7 Å². The highest BCUT2D eigenvalue weighted by atomic mass is 35.5. The molecule has 0 radical (unpaired) electrons. The van der Waals surface area contributed by atoms with Crippen LogP contribution in [0.3, 0.4) is 0 Å². The Morgan fingerprint density at radius 1 is 1.00 bits per heavy atom. The Labute approximate surface area is 113 Å². The van der Waals surface area contributed by atoms with E-state index in [2.05, 4.69) is 5.92 Å². The topological polar surface area (TPSA) is 0 Å². The molecule has 0 aliphatic carbocycles. The molecule has 2 aromatic carbocycles. The fraction of sp³-hybridized carbons (Fsp3) is 0.0667. The SMILES string of the molecule is C#Cc1ccc(-c2ccc(Cl)cc2)c(C(F)(F)F)c1. The highest BCUT2D eigenvalue weighted by Gasteiger charge is 2.33. The van der Waals surface area contributed by atoms with Gasteiger partial charge in [0.05, 0.1) is 5.56 Å². The Balaban J connectivity index is 2.63. The zero-order valence-corrected chi connectivity index (χ0v) is 10.4. The molecule has 0 heterocycles. The average Bonchev–Trinajstić information content (AvgIpc) is 2.38. The monoisotopic (exact) mass is 280 g/mol. The maximum atomic E-state index is 13.0. The lowest BCUT2D eigenvalue weighted by atomic mass is 9.97. The Morgan fingerprint density at radius 3 is 2.16 bits per heavy atom. The Morgan fingerprint density at radius 2 is 1.63 bits per heavy atom. The average molecular weight is 281 g/mol. The van der Waals surface area contributed by atoms with E-state index in [-0.39, 0.29) is 11.1 Å². The number of terminal acetylenes is 1. The van der Waals surface area contributed by atoms with Gasteiger partial charge in [-0.1, -0.05) is 35.7 Å². The molecule has 0 bridgehead atoms. The van der Waals surface area contributed by atoms with Crippen molar-refractivity contribution in [2.24, 2.45) is 0 Å². The van der Waals surface area contributed by atoms with Gasteiger partial charge in [0, 0.05) is 10.6 Å². The number of hydrogen-bond acceptors (Lipinski definition) is 0. The molecule has 0 spiro atoms. The highest BCUT2D eigenvalue weighted by molar-refractivity contribution is 6.30. The highest BCUT2D eigenvalue weighted by Crippen LogP contribution is 2.37. The van der Waals surface area contributed by atoms with Crippen molar-refractivity contribution < 1.29 is 13.2 Å². The van der Waals surface area contributed by atoms with Gasteiger partial charge in [-0.25, -0.2) is 0 Å². The summed E-state index contributed by atoms with van der Waals surface area (Å²) in [4.78, 5) is 0. The third-order valence-electron chi connectivity index (χ3n) is 2.65. The van der Waals surface area contributed by atoms with Crippen molar-refractivity contribution in [3.05, 3.63) is 58.6 Å². The lowest BCUT2D eigenvalue weighted by Crippen LogP contribution is -2.07. The van der Waals surface area contributed by atoms with Crippen LogP contribution in [-0.2, 0) is 6.18 Å². The number of benzene rings is 2. The van der Waals surface area contributed by atoms with E-state index in [9.17, 15) is 13.2 Å². The number of halogens is 4. The first kappa shape index (κ1) is 13.5. The van der Waals surface area contributed by atoms with Gasteiger partial charge in [-0.05, 0) is 35.4 Å². The van der Waals surface area contributed by atoms with Crippen molar-refractivity contribution in [1.82, 2.24) is 0 Å². The number of alkyl halides is 3. The van der Waals surface area contributed by atoms with E-state index in [0.717, 1.165) is 6.07 Å². The largest absolute Gasteiger partial charge is 0.417 e. The lowest BCUT2D eigenvalue weighted by molar-refractivity contribution is -0.137. The maximum Gasteiger partial charge on any atom is 0.417 e. The van der Waals surface area contributed by atoms with Crippen LogP contribution in [0.15, 0.2) is 42.5 Å². The zero-order chi connectivity index (χ0) is 14.0. The molecule has 0 aliphatic heterocycles. The van der Waals surface area contributed by atoms with Gasteiger partial charge < -0.3 is 0 Å². The van der Waals surface area contributed by atoms with Gasteiger partial charge in [-0.3, -0.25) is 0 Å². The zero-order valence-electron chi connectivity index (χ0n) is 9.63. The molecule has 2 aromatic rings. The minimum absolute atomic E-state index is 0.0863. The van der Waals surface area contributed by atoms with Gasteiger partial charge in [0.1, 0.15) is 0 Å². The molecule has 0 fully saturated rings. The number of hydrogen-bond donors (Lipinski definition) is 0. The summed E-state index contributed by atoms with van der Waals surface area (Å²) in [5, 5.41) is 0.470. The van der Waals surface area contributed by atoms with Crippen LogP contribution in [0.2, 0.25) is 5.02 Å². The minimum Gasteiger partial charge on any atom is -0.166 e. The normalized spacial score (nSPS) is 11.1. The van der Waals surface area contributed by atoms with Crippen molar-refractivity contribution in [3.63, 3.8) is 0 Å². The maximum absolute atomic E-state index is 13.0. The third-order valence-corrected chi connectivity index (χ3v) is 2.90. The van der Waals surface area contributed by atoms with E-state index in [1.54, 1.807) is 24.3 Å². The van der Waals surface area contributed by atoms with E-state index in [1.165, 1.54) is 12.1 Å². The van der Waals surface area contributed by atoms with Crippen LogP contribution in [0, 0.1) is 12.3 Å². The van der Waals surface area contributed by atoms with Crippen LogP contribution in [0.1, 0.15) is 11.1 Å². The molecule has 2 rings (SSSR count). The standard InChI is InChI=1S/C15H8ClF3/c1-2-10-3-8-13(14(9-10)15(17,18)19)11-4-6-12(16)7-5-11/h1,3-9H. The molecule has 0 nitrogen and oxygen atoms in total. The first-order valence-corrected chi connectivity index (χ1v) is 5.73. The van der Waals surface area contributed by atoms with Crippen LogP contribution in [0.25, 0.3) is 11.1 Å². The molecule has 0 aromatic heterocycles. The summed E-state index contributed by atoms with van der Waals surface area (Å²) in [6.07, 6.45) is 0.679. The van der Waals surface area contributed by atoms with Gasteiger partial charge in [-0.2, -0.15) is 13.2 Å². The lowest BCUT2D eigenvalue weighted by Gasteiger charge is -2.13. The smallest absolute Gasteiger partial charge is 0.166 e. The van der Waals surface area contributed by atoms with Crippen LogP contribution in [0.4, 0.5) is 13.2 Å². The molecule has 0 aliphatic rings. The summed E-state index contributed by atoms with van der Waals surface area (Å²) >= 11 is 5.73. The summed E-state index contributed by atoms with van der Waals surface area (Å²) in [7, 11) is 0.